The largest absolute Gasteiger partial charge is 0.264 e. The minimum atomic E-state index is -0.0354. The molecular formula is C11H13NS. The third-order valence-corrected chi connectivity index (χ3v) is 3.50. The van der Waals surface area contributed by atoms with Crippen molar-refractivity contribution in [2.24, 2.45) is 0 Å². The van der Waals surface area contributed by atoms with Gasteiger partial charge in [-0.05, 0) is 34.9 Å². The van der Waals surface area contributed by atoms with E-state index >= 15 is 0 Å². The van der Waals surface area contributed by atoms with Gasteiger partial charge < -0.3 is 0 Å². The molecule has 68 valence electrons. The minimum Gasteiger partial charge on any atom is -0.264 e. The summed E-state index contributed by atoms with van der Waals surface area (Å²) in [5.74, 6) is 0. The van der Waals surface area contributed by atoms with Crippen LogP contribution in [-0.2, 0) is 0 Å². The number of nitrogens with zero attached hydrogens (tertiary/aromatic N) is 1. The van der Waals surface area contributed by atoms with E-state index in [4.69, 9.17) is 0 Å². The Hall–Kier alpha value is -1.02. The maximum atomic E-state index is 4.17. The summed E-state index contributed by atoms with van der Waals surface area (Å²) in [6, 6.07) is 8.53. The van der Waals surface area contributed by atoms with Crippen LogP contribution in [0.2, 0.25) is 0 Å². The molecule has 0 aliphatic heterocycles. The first-order valence-corrected chi connectivity index (χ1v) is 6.53. The summed E-state index contributed by atoms with van der Waals surface area (Å²) in [5.41, 5.74) is 0. The second-order valence-electron chi connectivity index (χ2n) is 3.27. The van der Waals surface area contributed by atoms with Gasteiger partial charge in [-0.1, -0.05) is 12.1 Å². The Morgan fingerprint density at radius 2 is 2.00 bits per heavy atom. The summed E-state index contributed by atoms with van der Waals surface area (Å²) < 4.78 is 0. The molecule has 1 aromatic heterocycles. The number of hydrogen-bond acceptors (Lipinski definition) is 1. The standard InChI is InChI=1S/C11H13NS/c1-13(2)11-5-3-4-9-6-7-12-8-10(9)11/h3-8,13H,1-2H3. The van der Waals surface area contributed by atoms with Crippen LogP contribution in [0.25, 0.3) is 10.8 Å². The lowest BCUT2D eigenvalue weighted by molar-refractivity contribution is 1.34. The van der Waals surface area contributed by atoms with Crippen LogP contribution in [-0.4, -0.2) is 17.5 Å². The molecule has 0 unspecified atom stereocenters. The summed E-state index contributed by atoms with van der Waals surface area (Å²) in [4.78, 5) is 5.61. The van der Waals surface area contributed by atoms with Crippen LogP contribution in [0.4, 0.5) is 0 Å². The summed E-state index contributed by atoms with van der Waals surface area (Å²) in [6.07, 6.45) is 8.36. The van der Waals surface area contributed by atoms with Crippen LogP contribution in [0.15, 0.2) is 41.6 Å². The molecule has 0 bridgehead atoms. The van der Waals surface area contributed by atoms with Gasteiger partial charge in [-0.3, -0.25) is 4.98 Å². The van der Waals surface area contributed by atoms with Crippen molar-refractivity contribution in [1.29, 1.82) is 0 Å². The first kappa shape index (κ1) is 8.57. The van der Waals surface area contributed by atoms with E-state index in [1.165, 1.54) is 15.7 Å². The van der Waals surface area contributed by atoms with Crippen molar-refractivity contribution < 1.29 is 0 Å². The highest BCUT2D eigenvalue weighted by Crippen LogP contribution is 2.33. The van der Waals surface area contributed by atoms with Crippen molar-refractivity contribution >= 4 is 21.7 Å². The summed E-state index contributed by atoms with van der Waals surface area (Å²) in [5, 5.41) is 2.60. The SMILES string of the molecule is C[SH](C)c1cccc2ccncc12. The third kappa shape index (κ3) is 1.54. The molecule has 13 heavy (non-hydrogen) atoms. The lowest BCUT2D eigenvalue weighted by Gasteiger charge is -2.12. The molecule has 0 aliphatic carbocycles. The molecule has 0 atom stereocenters. The Balaban J connectivity index is 2.76. The second-order valence-corrected chi connectivity index (χ2v) is 5.54. The molecule has 0 amide bonds. The van der Waals surface area contributed by atoms with E-state index < -0.39 is 0 Å². The van der Waals surface area contributed by atoms with Gasteiger partial charge in [0, 0.05) is 17.8 Å². The molecule has 0 saturated heterocycles. The molecule has 1 heterocycles. The van der Waals surface area contributed by atoms with Crippen LogP contribution in [0.3, 0.4) is 0 Å². The van der Waals surface area contributed by atoms with Gasteiger partial charge in [0.2, 0.25) is 0 Å². The van der Waals surface area contributed by atoms with Gasteiger partial charge >= 0.3 is 0 Å². The van der Waals surface area contributed by atoms with Crippen LogP contribution >= 0.6 is 10.9 Å². The van der Waals surface area contributed by atoms with E-state index in [2.05, 4.69) is 41.8 Å². The average Bonchev–Trinajstić information content (AvgIpc) is 2.17. The molecule has 0 aliphatic rings. The molecule has 0 saturated carbocycles. The maximum absolute atomic E-state index is 4.17. The zero-order valence-corrected chi connectivity index (χ0v) is 8.75. The Morgan fingerprint density at radius 1 is 1.15 bits per heavy atom. The zero-order chi connectivity index (χ0) is 9.26. The third-order valence-electron chi connectivity index (χ3n) is 2.14. The molecule has 2 rings (SSSR count). The van der Waals surface area contributed by atoms with Gasteiger partial charge in [0.1, 0.15) is 0 Å². The fourth-order valence-electron chi connectivity index (χ4n) is 1.49. The van der Waals surface area contributed by atoms with Gasteiger partial charge in [0.25, 0.3) is 0 Å². The Morgan fingerprint density at radius 3 is 2.77 bits per heavy atom. The van der Waals surface area contributed by atoms with E-state index in [-0.39, 0.29) is 10.9 Å². The smallest absolute Gasteiger partial charge is 0.0356 e. The maximum Gasteiger partial charge on any atom is 0.0356 e. The zero-order valence-electron chi connectivity index (χ0n) is 7.86. The Bertz CT molecular complexity index is 418. The molecule has 0 fully saturated rings. The highest BCUT2D eigenvalue weighted by atomic mass is 32.2. The monoisotopic (exact) mass is 191 g/mol. The number of benzene rings is 1. The van der Waals surface area contributed by atoms with Crippen molar-refractivity contribution in [3.63, 3.8) is 0 Å². The van der Waals surface area contributed by atoms with E-state index in [1.54, 1.807) is 0 Å². The van der Waals surface area contributed by atoms with Crippen LogP contribution in [0, 0.1) is 0 Å². The van der Waals surface area contributed by atoms with Crippen LogP contribution in [0.1, 0.15) is 0 Å². The minimum absolute atomic E-state index is 0.0354. The lowest BCUT2D eigenvalue weighted by atomic mass is 10.2. The number of hydrogen-bond donors (Lipinski definition) is 1. The molecule has 1 nitrogen and oxygen atoms in total. The molecule has 0 radical (unpaired) electrons. The number of thiol groups is 1. The van der Waals surface area contributed by atoms with E-state index in [0.717, 1.165) is 0 Å². The van der Waals surface area contributed by atoms with Gasteiger partial charge in [-0.25, -0.2) is 10.9 Å². The van der Waals surface area contributed by atoms with Crippen molar-refractivity contribution in [2.75, 3.05) is 12.5 Å². The fourth-order valence-corrected chi connectivity index (χ4v) is 2.54. The highest BCUT2D eigenvalue weighted by molar-refractivity contribution is 8.16. The first-order valence-electron chi connectivity index (χ1n) is 4.29. The van der Waals surface area contributed by atoms with Crippen molar-refractivity contribution in [1.82, 2.24) is 4.98 Å². The van der Waals surface area contributed by atoms with Gasteiger partial charge in [0.05, 0.1) is 0 Å². The summed E-state index contributed by atoms with van der Waals surface area (Å²) in [6.45, 7) is 0. The quantitative estimate of drug-likeness (QED) is 0.684. The Labute approximate surface area is 81.2 Å². The lowest BCUT2D eigenvalue weighted by Crippen LogP contribution is -1.82. The average molecular weight is 191 g/mol. The highest BCUT2D eigenvalue weighted by Gasteiger charge is 2.00. The molecular weight excluding hydrogens is 178 g/mol. The second kappa shape index (κ2) is 3.38. The number of aromatic nitrogens is 1. The molecule has 0 spiro atoms. The van der Waals surface area contributed by atoms with Crippen molar-refractivity contribution in [2.45, 2.75) is 4.90 Å². The molecule has 2 heteroatoms. The number of fused-ring (bicyclic) bond motifs is 1. The molecule has 0 N–H and O–H groups in total. The number of rotatable bonds is 1. The van der Waals surface area contributed by atoms with E-state index in [0.29, 0.717) is 0 Å². The van der Waals surface area contributed by atoms with E-state index in [9.17, 15) is 0 Å². The van der Waals surface area contributed by atoms with E-state index in [1.807, 2.05) is 12.4 Å². The molecule has 1 aromatic carbocycles. The van der Waals surface area contributed by atoms with Crippen LogP contribution in [0.5, 0.6) is 0 Å². The fraction of sp³-hybridized carbons (Fsp3) is 0.182. The summed E-state index contributed by atoms with van der Waals surface area (Å²) >= 11 is 0. The van der Waals surface area contributed by atoms with Gasteiger partial charge in [-0.2, -0.15) is 0 Å². The van der Waals surface area contributed by atoms with Crippen molar-refractivity contribution in [3.05, 3.63) is 36.7 Å². The van der Waals surface area contributed by atoms with Crippen molar-refractivity contribution in [3.8, 4) is 0 Å². The first-order chi connectivity index (χ1) is 6.29. The number of pyridine rings is 1. The van der Waals surface area contributed by atoms with Gasteiger partial charge in [-0.15, -0.1) is 0 Å². The van der Waals surface area contributed by atoms with Gasteiger partial charge in [0.15, 0.2) is 0 Å². The molecule has 2 aromatic rings. The summed E-state index contributed by atoms with van der Waals surface area (Å²) in [7, 11) is -0.0354. The normalized spacial score (nSPS) is 11.7. The Kier molecular flexibility index (Phi) is 2.23. The van der Waals surface area contributed by atoms with Crippen LogP contribution < -0.4 is 0 Å². The predicted octanol–water partition coefficient (Wildman–Crippen LogP) is 2.85. The topological polar surface area (TPSA) is 12.9 Å². The predicted molar refractivity (Wildman–Crippen MR) is 60.8 cm³/mol.